The fraction of sp³-hybridized carbons (Fsp3) is 0.522. The third-order valence-electron chi connectivity index (χ3n) is 5.73. The molecule has 0 saturated carbocycles. The fourth-order valence-corrected chi connectivity index (χ4v) is 6.19. The van der Waals surface area contributed by atoms with E-state index in [4.69, 9.17) is 9.47 Å². The van der Waals surface area contributed by atoms with Crippen LogP contribution in [0.25, 0.3) is 11.3 Å². The standard InChI is InChI=1S/C23H29BrN4O5S/c1-14(21(29)33-23(2,3)4)28-13-16-6-5-15(11-19(16)34(28,30)31)20-18(24)12-25-22(27-20)26-17-7-9-32-10-8-17/h5-6,11-12,14,17H,7-10,13H2,1-4H3,(H,25,26,27)/t14-/m1/s1. The van der Waals surface area contributed by atoms with E-state index in [1.54, 1.807) is 46.0 Å². The number of carbonyl (C=O) groups is 1. The molecule has 2 aromatic rings. The number of hydrogen-bond donors (Lipinski definition) is 1. The lowest BCUT2D eigenvalue weighted by Crippen LogP contribution is -2.42. The van der Waals surface area contributed by atoms with E-state index < -0.39 is 27.6 Å². The normalized spacial score (nSPS) is 19.4. The summed E-state index contributed by atoms with van der Waals surface area (Å²) >= 11 is 3.49. The Morgan fingerprint density at radius 1 is 1.29 bits per heavy atom. The van der Waals surface area contributed by atoms with Gasteiger partial charge in [-0.1, -0.05) is 12.1 Å². The van der Waals surface area contributed by atoms with Crippen LogP contribution in [0.3, 0.4) is 0 Å². The molecule has 2 aliphatic rings. The highest BCUT2D eigenvalue weighted by molar-refractivity contribution is 9.10. The highest BCUT2D eigenvalue weighted by atomic mass is 79.9. The number of fused-ring (bicyclic) bond motifs is 1. The Balaban J connectivity index is 1.60. The van der Waals surface area contributed by atoms with Crippen molar-refractivity contribution in [2.24, 2.45) is 0 Å². The van der Waals surface area contributed by atoms with E-state index in [2.05, 4.69) is 31.2 Å². The second-order valence-electron chi connectivity index (χ2n) is 9.50. The first-order valence-electron chi connectivity index (χ1n) is 11.2. The Morgan fingerprint density at radius 2 is 2.00 bits per heavy atom. The van der Waals surface area contributed by atoms with Gasteiger partial charge in [-0.3, -0.25) is 4.79 Å². The molecule has 1 atom stereocenters. The van der Waals surface area contributed by atoms with E-state index in [9.17, 15) is 13.2 Å². The Hall–Kier alpha value is -2.08. The van der Waals surface area contributed by atoms with Crippen molar-refractivity contribution in [2.75, 3.05) is 18.5 Å². The van der Waals surface area contributed by atoms with Gasteiger partial charge in [-0.2, -0.15) is 4.31 Å². The molecule has 2 aliphatic heterocycles. The van der Waals surface area contributed by atoms with Crippen LogP contribution in [-0.2, 0) is 30.8 Å². The maximum Gasteiger partial charge on any atom is 0.324 e. The molecular formula is C23H29BrN4O5S. The molecule has 184 valence electrons. The highest BCUT2D eigenvalue weighted by Gasteiger charge is 2.41. The zero-order valence-electron chi connectivity index (χ0n) is 19.7. The van der Waals surface area contributed by atoms with Crippen molar-refractivity contribution in [1.29, 1.82) is 0 Å². The summed E-state index contributed by atoms with van der Waals surface area (Å²) in [7, 11) is -3.88. The number of nitrogens with zero attached hydrogens (tertiary/aromatic N) is 3. The van der Waals surface area contributed by atoms with Crippen molar-refractivity contribution in [1.82, 2.24) is 14.3 Å². The zero-order valence-corrected chi connectivity index (χ0v) is 22.1. The van der Waals surface area contributed by atoms with Crippen LogP contribution >= 0.6 is 15.9 Å². The number of benzene rings is 1. The van der Waals surface area contributed by atoms with Crippen molar-refractivity contribution in [3.8, 4) is 11.3 Å². The molecule has 9 nitrogen and oxygen atoms in total. The Kier molecular flexibility index (Phi) is 7.01. The second kappa shape index (κ2) is 9.52. The third-order valence-corrected chi connectivity index (χ3v) is 8.31. The number of halogens is 1. The predicted octanol–water partition coefficient (Wildman–Crippen LogP) is 3.73. The van der Waals surface area contributed by atoms with Crippen LogP contribution in [-0.4, -0.2) is 59.6 Å². The summed E-state index contributed by atoms with van der Waals surface area (Å²) in [6, 6.07) is 4.50. The Bertz CT molecular complexity index is 1190. The predicted molar refractivity (Wildman–Crippen MR) is 131 cm³/mol. The van der Waals surface area contributed by atoms with E-state index in [-0.39, 0.29) is 17.5 Å². The zero-order chi connectivity index (χ0) is 24.7. The van der Waals surface area contributed by atoms with E-state index in [0.29, 0.717) is 40.5 Å². The Labute approximate surface area is 208 Å². The first-order valence-corrected chi connectivity index (χ1v) is 13.4. The van der Waals surface area contributed by atoms with E-state index in [1.165, 1.54) is 4.31 Å². The minimum atomic E-state index is -3.88. The SMILES string of the molecule is C[C@H](C(=O)OC(C)(C)C)N1Cc2ccc(-c3nc(NC4CCOCC4)ncc3Br)cc2S1(=O)=O. The van der Waals surface area contributed by atoms with Gasteiger partial charge >= 0.3 is 5.97 Å². The van der Waals surface area contributed by atoms with Gasteiger partial charge in [-0.25, -0.2) is 18.4 Å². The summed E-state index contributed by atoms with van der Waals surface area (Å²) in [4.78, 5) is 21.7. The summed E-state index contributed by atoms with van der Waals surface area (Å²) in [6.45, 7) is 8.31. The smallest absolute Gasteiger partial charge is 0.324 e. The largest absolute Gasteiger partial charge is 0.459 e. The number of anilines is 1. The molecule has 1 N–H and O–H groups in total. The Morgan fingerprint density at radius 3 is 2.68 bits per heavy atom. The number of sulfonamides is 1. The minimum Gasteiger partial charge on any atom is -0.459 e. The average molecular weight is 553 g/mol. The van der Waals surface area contributed by atoms with Gasteiger partial charge < -0.3 is 14.8 Å². The van der Waals surface area contributed by atoms with Crippen molar-refractivity contribution in [3.63, 3.8) is 0 Å². The van der Waals surface area contributed by atoms with E-state index in [1.807, 2.05) is 6.07 Å². The van der Waals surface area contributed by atoms with Gasteiger partial charge in [0, 0.05) is 37.6 Å². The van der Waals surface area contributed by atoms with Gasteiger partial charge in [0.1, 0.15) is 11.6 Å². The lowest BCUT2D eigenvalue weighted by Gasteiger charge is -2.26. The quantitative estimate of drug-likeness (QED) is 0.558. The van der Waals surface area contributed by atoms with Crippen molar-refractivity contribution in [2.45, 2.75) is 69.7 Å². The van der Waals surface area contributed by atoms with Crippen LogP contribution < -0.4 is 5.32 Å². The molecule has 1 aromatic carbocycles. The van der Waals surface area contributed by atoms with Crippen LogP contribution in [0.5, 0.6) is 0 Å². The molecule has 3 heterocycles. The van der Waals surface area contributed by atoms with Gasteiger partial charge in [0.05, 0.1) is 15.1 Å². The number of ether oxygens (including phenoxy) is 2. The fourth-order valence-electron chi connectivity index (χ4n) is 3.97. The topological polar surface area (TPSA) is 111 Å². The maximum atomic E-state index is 13.3. The van der Waals surface area contributed by atoms with Gasteiger partial charge in [-0.15, -0.1) is 0 Å². The molecular weight excluding hydrogens is 524 g/mol. The molecule has 11 heteroatoms. The first kappa shape index (κ1) is 25.0. The summed E-state index contributed by atoms with van der Waals surface area (Å²) in [5.74, 6) is -0.0971. The average Bonchev–Trinajstić information content (AvgIpc) is 3.04. The monoisotopic (exact) mass is 552 g/mol. The van der Waals surface area contributed by atoms with Crippen LogP contribution in [0.2, 0.25) is 0 Å². The number of esters is 1. The molecule has 1 aromatic heterocycles. The molecule has 34 heavy (non-hydrogen) atoms. The van der Waals surface area contributed by atoms with Crippen molar-refractivity contribution < 1.29 is 22.7 Å². The van der Waals surface area contributed by atoms with Crippen LogP contribution in [0, 0.1) is 0 Å². The lowest BCUT2D eigenvalue weighted by atomic mass is 10.1. The van der Waals surface area contributed by atoms with Crippen molar-refractivity contribution >= 4 is 37.9 Å². The summed E-state index contributed by atoms with van der Waals surface area (Å²) < 4.78 is 39.3. The molecule has 4 rings (SSSR count). The van der Waals surface area contributed by atoms with Gasteiger partial charge in [0.25, 0.3) is 0 Å². The number of carbonyl (C=O) groups excluding carboxylic acids is 1. The summed E-state index contributed by atoms with van der Waals surface area (Å²) in [6.07, 6.45) is 3.40. The lowest BCUT2D eigenvalue weighted by molar-refractivity contribution is -0.159. The van der Waals surface area contributed by atoms with Gasteiger partial charge in [-0.05, 0) is 68.1 Å². The molecule has 0 amide bonds. The minimum absolute atomic E-state index is 0.111. The highest BCUT2D eigenvalue weighted by Crippen LogP contribution is 2.37. The molecule has 0 spiro atoms. The summed E-state index contributed by atoms with van der Waals surface area (Å²) in [5, 5.41) is 3.34. The first-order chi connectivity index (χ1) is 16.0. The number of aromatic nitrogens is 2. The molecule has 0 aliphatic carbocycles. The third kappa shape index (κ3) is 5.27. The molecule has 0 radical (unpaired) electrons. The van der Waals surface area contributed by atoms with Gasteiger partial charge in [0.2, 0.25) is 16.0 Å². The number of nitrogens with one attached hydrogen (secondary N) is 1. The van der Waals surface area contributed by atoms with Crippen LogP contribution in [0.15, 0.2) is 33.8 Å². The molecule has 1 fully saturated rings. The summed E-state index contributed by atoms with van der Waals surface area (Å²) in [5.41, 5.74) is 1.15. The molecule has 0 bridgehead atoms. The van der Waals surface area contributed by atoms with E-state index in [0.717, 1.165) is 12.8 Å². The van der Waals surface area contributed by atoms with Gasteiger partial charge in [0.15, 0.2) is 0 Å². The van der Waals surface area contributed by atoms with Crippen molar-refractivity contribution in [3.05, 3.63) is 34.4 Å². The number of hydrogen-bond acceptors (Lipinski definition) is 8. The molecule has 0 unspecified atom stereocenters. The van der Waals surface area contributed by atoms with E-state index >= 15 is 0 Å². The molecule has 1 saturated heterocycles. The van der Waals surface area contributed by atoms with Crippen LogP contribution in [0.4, 0.5) is 5.95 Å². The maximum absolute atomic E-state index is 13.3. The number of rotatable bonds is 5. The second-order valence-corrected chi connectivity index (χ2v) is 12.2. The van der Waals surface area contributed by atoms with Crippen LogP contribution in [0.1, 0.15) is 46.1 Å².